The molecule has 1 saturated carbocycles. The number of alkyl halides is 1. The molecule has 1 aliphatic rings. The van der Waals surface area contributed by atoms with Crippen LogP contribution in [0.4, 0.5) is 0 Å². The third kappa shape index (κ3) is 4.79. The third-order valence-electron chi connectivity index (χ3n) is 2.63. The largest absolute Gasteiger partial charge is 0.371 e. The van der Waals surface area contributed by atoms with E-state index >= 15 is 0 Å². The molecule has 0 aliphatic heterocycles. The summed E-state index contributed by atoms with van der Waals surface area (Å²) in [5.74, 6) is 0. The maximum Gasteiger partial charge on any atom is 0.0707 e. The lowest BCUT2D eigenvalue weighted by Crippen LogP contribution is -2.34. The summed E-state index contributed by atoms with van der Waals surface area (Å²) in [5.41, 5.74) is -0.00408. The lowest BCUT2D eigenvalue weighted by molar-refractivity contribution is -0.0653. The molecular formula is C12H23BrO. The highest BCUT2D eigenvalue weighted by molar-refractivity contribution is 9.09. The van der Waals surface area contributed by atoms with Gasteiger partial charge >= 0.3 is 0 Å². The Kier molecular flexibility index (Phi) is 4.92. The quantitative estimate of drug-likeness (QED) is 0.641. The molecule has 1 fully saturated rings. The molecule has 0 radical (unpaired) electrons. The molecule has 2 atom stereocenters. The predicted molar refractivity (Wildman–Crippen MR) is 65.0 cm³/mol. The summed E-state index contributed by atoms with van der Waals surface area (Å²) in [6.45, 7) is 6.43. The fourth-order valence-corrected chi connectivity index (χ4v) is 2.69. The Morgan fingerprint density at radius 2 is 1.57 bits per heavy atom. The molecule has 84 valence electrons. The summed E-state index contributed by atoms with van der Waals surface area (Å²) in [7, 11) is 0. The highest BCUT2D eigenvalue weighted by Crippen LogP contribution is 2.28. The second-order valence-corrected chi connectivity index (χ2v) is 6.45. The van der Waals surface area contributed by atoms with Gasteiger partial charge in [-0.3, -0.25) is 0 Å². The normalized spacial score (nSPS) is 30.9. The molecule has 2 heteroatoms. The maximum atomic E-state index is 6.08. The first kappa shape index (κ1) is 12.5. The van der Waals surface area contributed by atoms with Crippen LogP contribution in [0.3, 0.4) is 0 Å². The number of rotatable bonds is 1. The minimum absolute atomic E-state index is 0.00408. The van der Waals surface area contributed by atoms with E-state index in [4.69, 9.17) is 4.74 Å². The second-order valence-electron chi connectivity index (χ2n) is 5.28. The molecule has 14 heavy (non-hydrogen) atoms. The third-order valence-corrected chi connectivity index (χ3v) is 3.67. The number of hydrogen-bond donors (Lipinski definition) is 0. The molecule has 2 unspecified atom stereocenters. The van der Waals surface area contributed by atoms with Gasteiger partial charge in [0.2, 0.25) is 0 Å². The smallest absolute Gasteiger partial charge is 0.0707 e. The zero-order chi connectivity index (χ0) is 10.6. The minimum Gasteiger partial charge on any atom is -0.371 e. The van der Waals surface area contributed by atoms with E-state index in [9.17, 15) is 0 Å². The van der Waals surface area contributed by atoms with Gasteiger partial charge in [0.05, 0.1) is 11.7 Å². The molecular weight excluding hydrogens is 240 g/mol. The van der Waals surface area contributed by atoms with Crippen LogP contribution in [0.1, 0.15) is 59.3 Å². The van der Waals surface area contributed by atoms with Gasteiger partial charge in [0.15, 0.2) is 0 Å². The van der Waals surface area contributed by atoms with E-state index in [0.29, 0.717) is 10.9 Å². The molecule has 0 aromatic carbocycles. The second kappa shape index (κ2) is 5.50. The van der Waals surface area contributed by atoms with Gasteiger partial charge in [-0.2, -0.15) is 0 Å². The van der Waals surface area contributed by atoms with E-state index < -0.39 is 0 Å². The minimum atomic E-state index is -0.00408. The predicted octanol–water partition coefficient (Wildman–Crippen LogP) is 4.29. The summed E-state index contributed by atoms with van der Waals surface area (Å²) in [6.07, 6.45) is 8.33. The Morgan fingerprint density at radius 3 is 2.14 bits per heavy atom. The molecule has 0 aromatic rings. The van der Waals surface area contributed by atoms with Crippen molar-refractivity contribution in [3.8, 4) is 0 Å². The van der Waals surface area contributed by atoms with Crippen LogP contribution in [0, 0.1) is 0 Å². The first-order chi connectivity index (χ1) is 6.49. The molecule has 0 heterocycles. The average Bonchev–Trinajstić information content (AvgIpc) is 2.03. The van der Waals surface area contributed by atoms with Gasteiger partial charge in [-0.25, -0.2) is 0 Å². The van der Waals surface area contributed by atoms with Crippen LogP contribution in [0.15, 0.2) is 0 Å². The number of ether oxygens (including phenoxy) is 1. The van der Waals surface area contributed by atoms with E-state index in [0.717, 1.165) is 0 Å². The van der Waals surface area contributed by atoms with Gasteiger partial charge in [-0.15, -0.1) is 0 Å². The van der Waals surface area contributed by atoms with Crippen LogP contribution in [0.2, 0.25) is 0 Å². The Morgan fingerprint density at radius 1 is 1.00 bits per heavy atom. The van der Waals surface area contributed by atoms with Crippen LogP contribution in [-0.2, 0) is 4.74 Å². The zero-order valence-corrected chi connectivity index (χ0v) is 11.3. The highest BCUT2D eigenvalue weighted by atomic mass is 79.9. The van der Waals surface area contributed by atoms with E-state index in [1.807, 2.05) is 0 Å². The van der Waals surface area contributed by atoms with Gasteiger partial charge in [-0.05, 0) is 33.6 Å². The van der Waals surface area contributed by atoms with Gasteiger partial charge in [-0.1, -0.05) is 41.6 Å². The number of hydrogen-bond acceptors (Lipinski definition) is 1. The van der Waals surface area contributed by atoms with Crippen molar-refractivity contribution in [1.82, 2.24) is 0 Å². The van der Waals surface area contributed by atoms with Gasteiger partial charge < -0.3 is 4.74 Å². The van der Waals surface area contributed by atoms with Crippen molar-refractivity contribution < 1.29 is 4.74 Å². The molecule has 0 amide bonds. The molecule has 0 N–H and O–H groups in total. The summed E-state index contributed by atoms with van der Waals surface area (Å²) in [6, 6.07) is 0. The SMILES string of the molecule is CC(C)(C)OC1CCCCCCC1Br. The van der Waals surface area contributed by atoms with Crippen LogP contribution in [-0.4, -0.2) is 16.5 Å². The van der Waals surface area contributed by atoms with Crippen molar-refractivity contribution in [2.45, 2.75) is 75.8 Å². The van der Waals surface area contributed by atoms with Crippen LogP contribution in [0.25, 0.3) is 0 Å². The standard InChI is InChI=1S/C12H23BrO/c1-12(2,3)14-11-9-7-5-4-6-8-10(11)13/h10-11H,4-9H2,1-3H3. The van der Waals surface area contributed by atoms with Crippen molar-refractivity contribution in [3.63, 3.8) is 0 Å². The average molecular weight is 263 g/mol. The molecule has 1 rings (SSSR count). The van der Waals surface area contributed by atoms with Gasteiger partial charge in [0.25, 0.3) is 0 Å². The topological polar surface area (TPSA) is 9.23 Å². The Bertz CT molecular complexity index is 162. The van der Waals surface area contributed by atoms with Crippen molar-refractivity contribution in [3.05, 3.63) is 0 Å². The van der Waals surface area contributed by atoms with Crippen LogP contribution < -0.4 is 0 Å². The lowest BCUT2D eigenvalue weighted by Gasteiger charge is -2.32. The fraction of sp³-hybridized carbons (Fsp3) is 1.00. The first-order valence-corrected chi connectivity index (χ1v) is 6.72. The molecule has 1 nitrogen and oxygen atoms in total. The van der Waals surface area contributed by atoms with Gasteiger partial charge in [0, 0.05) is 4.83 Å². The molecule has 1 aliphatic carbocycles. The first-order valence-electron chi connectivity index (χ1n) is 5.81. The van der Waals surface area contributed by atoms with Crippen molar-refractivity contribution >= 4 is 15.9 Å². The molecule has 0 saturated heterocycles. The Hall–Kier alpha value is 0.440. The fourth-order valence-electron chi connectivity index (χ4n) is 1.99. The van der Waals surface area contributed by atoms with Crippen molar-refractivity contribution in [2.75, 3.05) is 0 Å². The van der Waals surface area contributed by atoms with E-state index in [2.05, 4.69) is 36.7 Å². The van der Waals surface area contributed by atoms with Gasteiger partial charge in [0.1, 0.15) is 0 Å². The number of halogens is 1. The summed E-state index contributed by atoms with van der Waals surface area (Å²) >= 11 is 3.77. The Labute approximate surface area is 96.7 Å². The maximum absolute atomic E-state index is 6.08. The van der Waals surface area contributed by atoms with Crippen molar-refractivity contribution in [1.29, 1.82) is 0 Å². The monoisotopic (exact) mass is 262 g/mol. The lowest BCUT2D eigenvalue weighted by atomic mass is 9.98. The highest BCUT2D eigenvalue weighted by Gasteiger charge is 2.25. The van der Waals surface area contributed by atoms with Crippen LogP contribution >= 0.6 is 15.9 Å². The van der Waals surface area contributed by atoms with Crippen molar-refractivity contribution in [2.24, 2.45) is 0 Å². The zero-order valence-electron chi connectivity index (χ0n) is 9.68. The van der Waals surface area contributed by atoms with Crippen LogP contribution in [0.5, 0.6) is 0 Å². The van der Waals surface area contributed by atoms with E-state index in [-0.39, 0.29) is 5.60 Å². The summed E-state index contributed by atoms with van der Waals surface area (Å²) in [4.78, 5) is 0.557. The van der Waals surface area contributed by atoms with E-state index in [1.165, 1.54) is 38.5 Å². The molecule has 0 aromatic heterocycles. The Balaban J connectivity index is 2.45. The molecule has 0 spiro atoms. The van der Waals surface area contributed by atoms with E-state index in [1.54, 1.807) is 0 Å². The summed E-state index contributed by atoms with van der Waals surface area (Å²) in [5, 5.41) is 0. The summed E-state index contributed by atoms with van der Waals surface area (Å²) < 4.78 is 6.08. The molecule has 0 bridgehead atoms.